The minimum atomic E-state index is -4.77. The molecule has 0 saturated carbocycles. The monoisotopic (exact) mass is 306 g/mol. The van der Waals surface area contributed by atoms with Crippen molar-refractivity contribution in [3.8, 4) is 0 Å². The van der Waals surface area contributed by atoms with E-state index in [2.05, 4.69) is 5.32 Å². The fraction of sp³-hybridized carbons (Fsp3) is 0.462. The highest BCUT2D eigenvalue weighted by molar-refractivity contribution is 5.81. The van der Waals surface area contributed by atoms with E-state index in [9.17, 15) is 22.4 Å². The molecule has 2 rings (SSSR count). The van der Waals surface area contributed by atoms with Crippen LogP contribution in [0.25, 0.3) is 0 Å². The van der Waals surface area contributed by atoms with Gasteiger partial charge in [0.1, 0.15) is 5.82 Å². The van der Waals surface area contributed by atoms with Crippen molar-refractivity contribution in [2.24, 2.45) is 0 Å². The SMILES string of the molecule is O=C(CNc1ccc(F)c(C(F)(F)F)c1)N1CCOCC1. The third-order valence-electron chi connectivity index (χ3n) is 3.08. The van der Waals surface area contributed by atoms with Crippen LogP contribution in [0.1, 0.15) is 5.56 Å². The Kier molecular flexibility index (Phi) is 4.66. The van der Waals surface area contributed by atoms with Crippen LogP contribution in [0, 0.1) is 5.82 Å². The minimum Gasteiger partial charge on any atom is -0.378 e. The standard InChI is InChI=1S/C13H14F4N2O2/c14-11-2-1-9(7-10(11)13(15,16)17)18-8-12(20)19-3-5-21-6-4-19/h1-2,7,18H,3-6,8H2. The average Bonchev–Trinajstić information content (AvgIpc) is 2.45. The topological polar surface area (TPSA) is 41.6 Å². The van der Waals surface area contributed by atoms with Crippen molar-refractivity contribution in [1.82, 2.24) is 4.90 Å². The zero-order valence-electron chi connectivity index (χ0n) is 11.0. The van der Waals surface area contributed by atoms with Crippen molar-refractivity contribution in [3.63, 3.8) is 0 Å². The summed E-state index contributed by atoms with van der Waals surface area (Å²) in [6.07, 6.45) is -4.77. The summed E-state index contributed by atoms with van der Waals surface area (Å²) in [7, 11) is 0. The maximum atomic E-state index is 13.1. The van der Waals surface area contributed by atoms with Crippen LogP contribution in [0.15, 0.2) is 18.2 Å². The number of carbonyl (C=O) groups excluding carboxylic acids is 1. The van der Waals surface area contributed by atoms with E-state index in [1.54, 1.807) is 4.90 Å². The molecule has 21 heavy (non-hydrogen) atoms. The highest BCUT2D eigenvalue weighted by Gasteiger charge is 2.34. The Morgan fingerprint density at radius 2 is 1.95 bits per heavy atom. The van der Waals surface area contributed by atoms with E-state index in [1.165, 1.54) is 0 Å². The van der Waals surface area contributed by atoms with E-state index in [0.29, 0.717) is 32.4 Å². The first-order chi connectivity index (χ1) is 9.88. The molecule has 0 spiro atoms. The summed E-state index contributed by atoms with van der Waals surface area (Å²) in [4.78, 5) is 13.4. The molecular weight excluding hydrogens is 292 g/mol. The number of nitrogens with zero attached hydrogens (tertiary/aromatic N) is 1. The van der Waals surface area contributed by atoms with E-state index in [1.807, 2.05) is 0 Å². The molecule has 116 valence electrons. The van der Waals surface area contributed by atoms with Gasteiger partial charge in [0.05, 0.1) is 25.3 Å². The Morgan fingerprint density at radius 3 is 2.57 bits per heavy atom. The lowest BCUT2D eigenvalue weighted by Gasteiger charge is -2.27. The second-order valence-electron chi connectivity index (χ2n) is 4.54. The van der Waals surface area contributed by atoms with Gasteiger partial charge in [0.2, 0.25) is 5.91 Å². The van der Waals surface area contributed by atoms with E-state index in [4.69, 9.17) is 4.74 Å². The average molecular weight is 306 g/mol. The molecule has 8 heteroatoms. The fourth-order valence-electron chi connectivity index (χ4n) is 1.95. The molecule has 4 nitrogen and oxygen atoms in total. The van der Waals surface area contributed by atoms with Crippen LogP contribution in [0.5, 0.6) is 0 Å². The molecule has 1 amide bonds. The van der Waals surface area contributed by atoms with Crippen LogP contribution in [-0.4, -0.2) is 43.7 Å². The number of hydrogen-bond donors (Lipinski definition) is 1. The van der Waals surface area contributed by atoms with Crippen molar-refractivity contribution in [1.29, 1.82) is 0 Å². The van der Waals surface area contributed by atoms with Gasteiger partial charge < -0.3 is 15.0 Å². The van der Waals surface area contributed by atoms with E-state index < -0.39 is 17.6 Å². The molecule has 0 unspecified atom stereocenters. The molecule has 0 aromatic heterocycles. The minimum absolute atomic E-state index is 0.0466. The first-order valence-electron chi connectivity index (χ1n) is 6.34. The lowest BCUT2D eigenvalue weighted by molar-refractivity contribution is -0.140. The van der Waals surface area contributed by atoms with Gasteiger partial charge in [0.25, 0.3) is 0 Å². The maximum Gasteiger partial charge on any atom is 0.419 e. The van der Waals surface area contributed by atoms with Crippen LogP contribution in [-0.2, 0) is 15.7 Å². The van der Waals surface area contributed by atoms with Crippen LogP contribution in [0.4, 0.5) is 23.2 Å². The van der Waals surface area contributed by atoms with Gasteiger partial charge in [-0.1, -0.05) is 0 Å². The third-order valence-corrected chi connectivity index (χ3v) is 3.08. The molecule has 0 aliphatic carbocycles. The number of halogens is 4. The second-order valence-corrected chi connectivity index (χ2v) is 4.54. The quantitative estimate of drug-likeness (QED) is 0.870. The Hall–Kier alpha value is -1.83. The molecule has 1 fully saturated rings. The maximum absolute atomic E-state index is 13.1. The van der Waals surface area contributed by atoms with Gasteiger partial charge in [0, 0.05) is 18.8 Å². The van der Waals surface area contributed by atoms with Crippen LogP contribution < -0.4 is 5.32 Å². The van der Waals surface area contributed by atoms with E-state index in [-0.39, 0.29) is 18.1 Å². The van der Waals surface area contributed by atoms with Gasteiger partial charge in [-0.15, -0.1) is 0 Å². The highest BCUT2D eigenvalue weighted by Crippen LogP contribution is 2.32. The van der Waals surface area contributed by atoms with Gasteiger partial charge in [0.15, 0.2) is 0 Å². The summed E-state index contributed by atoms with van der Waals surface area (Å²) in [6, 6.07) is 2.55. The molecule has 1 saturated heterocycles. The smallest absolute Gasteiger partial charge is 0.378 e. The molecule has 1 N–H and O–H groups in total. The molecule has 0 bridgehead atoms. The van der Waals surface area contributed by atoms with Gasteiger partial charge in [-0.2, -0.15) is 13.2 Å². The lowest BCUT2D eigenvalue weighted by atomic mass is 10.2. The summed E-state index contributed by atoms with van der Waals surface area (Å²) >= 11 is 0. The van der Waals surface area contributed by atoms with Crippen molar-refractivity contribution >= 4 is 11.6 Å². The van der Waals surface area contributed by atoms with Crippen molar-refractivity contribution in [3.05, 3.63) is 29.6 Å². The third kappa shape index (κ3) is 4.07. The Balaban J connectivity index is 1.98. The predicted octanol–water partition coefficient (Wildman–Crippen LogP) is 2.12. The molecule has 1 aromatic carbocycles. The number of morpholine rings is 1. The summed E-state index contributed by atoms with van der Waals surface area (Å²) in [5.74, 6) is -1.58. The summed E-state index contributed by atoms with van der Waals surface area (Å²) in [5, 5.41) is 2.58. The number of nitrogens with one attached hydrogen (secondary N) is 1. The van der Waals surface area contributed by atoms with Crippen molar-refractivity contribution in [2.75, 3.05) is 38.2 Å². The molecule has 1 aliphatic rings. The number of alkyl halides is 3. The van der Waals surface area contributed by atoms with E-state index >= 15 is 0 Å². The van der Waals surface area contributed by atoms with Gasteiger partial charge in [-0.05, 0) is 18.2 Å². The number of anilines is 1. The molecule has 1 heterocycles. The molecule has 1 aromatic rings. The van der Waals surface area contributed by atoms with E-state index in [0.717, 1.165) is 12.1 Å². The number of rotatable bonds is 3. The first-order valence-corrected chi connectivity index (χ1v) is 6.34. The fourth-order valence-corrected chi connectivity index (χ4v) is 1.95. The number of benzene rings is 1. The Labute approximate surface area is 118 Å². The number of carbonyl (C=O) groups is 1. The first kappa shape index (κ1) is 15.6. The normalized spacial score (nSPS) is 15.9. The van der Waals surface area contributed by atoms with Crippen molar-refractivity contribution < 1.29 is 27.1 Å². The zero-order valence-corrected chi connectivity index (χ0v) is 11.0. The van der Waals surface area contributed by atoms with Crippen LogP contribution in [0.2, 0.25) is 0 Å². The summed E-state index contributed by atoms with van der Waals surface area (Å²) in [6.45, 7) is 1.65. The van der Waals surface area contributed by atoms with Gasteiger partial charge in [-0.3, -0.25) is 4.79 Å². The Bertz CT molecular complexity index is 513. The van der Waals surface area contributed by atoms with Gasteiger partial charge in [-0.25, -0.2) is 4.39 Å². The van der Waals surface area contributed by atoms with Crippen LogP contribution in [0.3, 0.4) is 0 Å². The lowest BCUT2D eigenvalue weighted by Crippen LogP contribution is -2.43. The molecule has 0 radical (unpaired) electrons. The molecule has 0 atom stereocenters. The highest BCUT2D eigenvalue weighted by atomic mass is 19.4. The number of hydrogen-bond acceptors (Lipinski definition) is 3. The number of ether oxygens (including phenoxy) is 1. The zero-order chi connectivity index (χ0) is 15.5. The largest absolute Gasteiger partial charge is 0.419 e. The van der Waals surface area contributed by atoms with Gasteiger partial charge >= 0.3 is 6.18 Å². The summed E-state index contributed by atoms with van der Waals surface area (Å²) < 4.78 is 55.9. The number of amides is 1. The Morgan fingerprint density at radius 1 is 1.29 bits per heavy atom. The van der Waals surface area contributed by atoms with Crippen LogP contribution >= 0.6 is 0 Å². The molecule has 1 aliphatic heterocycles. The van der Waals surface area contributed by atoms with Crippen molar-refractivity contribution in [2.45, 2.75) is 6.18 Å². The second kappa shape index (κ2) is 6.30. The predicted molar refractivity (Wildman–Crippen MR) is 67.3 cm³/mol. The summed E-state index contributed by atoms with van der Waals surface area (Å²) in [5.41, 5.74) is -1.31. The molecular formula is C13H14F4N2O2.